The molecule has 0 unspecified atom stereocenters. The van der Waals surface area contributed by atoms with E-state index in [4.69, 9.17) is 0 Å². The minimum absolute atomic E-state index is 0.125. The van der Waals surface area contributed by atoms with Crippen molar-refractivity contribution in [2.24, 2.45) is 0 Å². The van der Waals surface area contributed by atoms with Crippen molar-refractivity contribution >= 4 is 29.0 Å². The Morgan fingerprint density at radius 3 is 2.88 bits per heavy atom. The van der Waals surface area contributed by atoms with Crippen LogP contribution in [-0.4, -0.2) is 18.1 Å². The topological polar surface area (TPSA) is 32.3 Å². The summed E-state index contributed by atoms with van der Waals surface area (Å²) in [6, 6.07) is 10.8. The minimum atomic E-state index is -0.511. The van der Waals surface area contributed by atoms with E-state index in [9.17, 15) is 4.79 Å². The molecule has 4 rings (SSSR count). The highest BCUT2D eigenvalue weighted by Crippen LogP contribution is 2.52. The molecule has 0 spiro atoms. The highest BCUT2D eigenvalue weighted by molar-refractivity contribution is 7.10. The van der Waals surface area contributed by atoms with E-state index in [0.29, 0.717) is 6.42 Å². The number of hydrogen-bond donors (Lipinski definition) is 1. The molecule has 1 saturated heterocycles. The first-order valence-electron chi connectivity index (χ1n) is 8.37. The second-order valence-corrected chi connectivity index (χ2v) is 8.19. The summed E-state index contributed by atoms with van der Waals surface area (Å²) in [6.45, 7) is 7.34. The van der Waals surface area contributed by atoms with Crippen LogP contribution in [0.1, 0.15) is 36.3 Å². The van der Waals surface area contributed by atoms with E-state index >= 15 is 0 Å². The number of rotatable bonds is 2. The number of aryl methyl sites for hydroxylation is 1. The van der Waals surface area contributed by atoms with Crippen LogP contribution in [0, 0.1) is 6.92 Å². The summed E-state index contributed by atoms with van der Waals surface area (Å²) in [5.74, 6) is 0.125. The van der Waals surface area contributed by atoms with Gasteiger partial charge in [0.2, 0.25) is 5.91 Å². The molecule has 1 aromatic heterocycles. The van der Waals surface area contributed by atoms with Crippen LogP contribution < -0.4 is 10.2 Å². The first kappa shape index (κ1) is 15.5. The highest BCUT2D eigenvalue weighted by Gasteiger charge is 2.57. The smallest absolute Gasteiger partial charge is 0.223 e. The first-order chi connectivity index (χ1) is 11.4. The zero-order chi connectivity index (χ0) is 16.9. The number of nitrogens with zero attached hydrogens (tertiary/aromatic N) is 1. The molecule has 3 nitrogen and oxygen atoms in total. The van der Waals surface area contributed by atoms with Gasteiger partial charge < -0.3 is 10.2 Å². The highest BCUT2D eigenvalue weighted by atomic mass is 32.1. The Morgan fingerprint density at radius 2 is 2.12 bits per heavy atom. The van der Waals surface area contributed by atoms with Gasteiger partial charge in [0.1, 0.15) is 5.66 Å². The van der Waals surface area contributed by atoms with Crippen LogP contribution in [0.4, 0.5) is 5.69 Å². The van der Waals surface area contributed by atoms with Crippen molar-refractivity contribution in [2.75, 3.05) is 11.4 Å². The van der Waals surface area contributed by atoms with Crippen molar-refractivity contribution in [3.05, 3.63) is 57.8 Å². The Morgan fingerprint density at radius 1 is 1.29 bits per heavy atom. The molecule has 2 aromatic rings. The van der Waals surface area contributed by atoms with E-state index in [1.54, 1.807) is 11.3 Å². The number of benzene rings is 1. The predicted octanol–water partition coefficient (Wildman–Crippen LogP) is 4.08. The lowest BCUT2D eigenvalue weighted by Crippen LogP contribution is -2.68. The molecule has 24 heavy (non-hydrogen) atoms. The molecule has 1 atom stereocenters. The molecule has 1 fully saturated rings. The number of carbonyl (C=O) groups is 1. The Balaban J connectivity index is 1.88. The quantitative estimate of drug-likeness (QED) is 0.895. The predicted molar refractivity (Wildman–Crippen MR) is 100 cm³/mol. The number of carbonyl (C=O) groups excluding carboxylic acids is 1. The lowest BCUT2D eigenvalue weighted by molar-refractivity contribution is -0.124. The maximum absolute atomic E-state index is 12.3. The van der Waals surface area contributed by atoms with Crippen LogP contribution in [0.25, 0.3) is 6.08 Å². The number of amides is 1. The molecule has 0 aliphatic carbocycles. The average Bonchev–Trinajstić information content (AvgIpc) is 3.11. The normalized spacial score (nSPS) is 24.8. The van der Waals surface area contributed by atoms with Crippen LogP contribution in [0.15, 0.2) is 41.8 Å². The van der Waals surface area contributed by atoms with Crippen molar-refractivity contribution in [1.82, 2.24) is 5.32 Å². The SMILES string of the molecule is Cc1ccc2c(c1)C(C)(C)[C@]1(/C=C/c3cccs3)NC(=O)CCN21. The van der Waals surface area contributed by atoms with Crippen molar-refractivity contribution in [3.63, 3.8) is 0 Å². The van der Waals surface area contributed by atoms with Crippen LogP contribution in [0.3, 0.4) is 0 Å². The fourth-order valence-corrected chi connectivity index (χ4v) is 4.67. The second kappa shape index (κ2) is 5.21. The molecule has 0 saturated carbocycles. The molecular formula is C20H22N2OS. The zero-order valence-electron chi connectivity index (χ0n) is 14.3. The first-order valence-corrected chi connectivity index (χ1v) is 9.24. The third kappa shape index (κ3) is 2.06. The molecule has 2 aliphatic heterocycles. The van der Waals surface area contributed by atoms with E-state index < -0.39 is 5.66 Å². The van der Waals surface area contributed by atoms with Gasteiger partial charge in [-0.25, -0.2) is 0 Å². The molecule has 3 heterocycles. The van der Waals surface area contributed by atoms with Gasteiger partial charge in [-0.05, 0) is 42.2 Å². The zero-order valence-corrected chi connectivity index (χ0v) is 15.1. The summed E-state index contributed by atoms with van der Waals surface area (Å²) in [5, 5.41) is 5.39. The molecule has 2 aliphatic rings. The number of anilines is 1. The van der Waals surface area contributed by atoms with E-state index in [1.165, 1.54) is 21.7 Å². The second-order valence-electron chi connectivity index (χ2n) is 7.21. The van der Waals surface area contributed by atoms with Crippen molar-refractivity contribution in [3.8, 4) is 0 Å². The third-order valence-electron chi connectivity index (χ3n) is 5.42. The fourth-order valence-electron chi connectivity index (χ4n) is 4.06. The van der Waals surface area contributed by atoms with Gasteiger partial charge >= 0.3 is 0 Å². The van der Waals surface area contributed by atoms with Gasteiger partial charge in [-0.1, -0.05) is 37.6 Å². The Hall–Kier alpha value is -2.07. The molecule has 124 valence electrons. The lowest BCUT2D eigenvalue weighted by atomic mass is 9.74. The van der Waals surface area contributed by atoms with Crippen molar-refractivity contribution < 1.29 is 4.79 Å². The average molecular weight is 338 g/mol. The summed E-state index contributed by atoms with van der Waals surface area (Å²) < 4.78 is 0. The van der Waals surface area contributed by atoms with Gasteiger partial charge in [0.25, 0.3) is 0 Å². The molecular weight excluding hydrogens is 316 g/mol. The van der Waals surface area contributed by atoms with E-state index in [-0.39, 0.29) is 11.3 Å². The molecule has 1 amide bonds. The maximum Gasteiger partial charge on any atom is 0.223 e. The molecule has 0 radical (unpaired) electrons. The lowest BCUT2D eigenvalue weighted by Gasteiger charge is -2.49. The minimum Gasteiger partial charge on any atom is -0.344 e. The standard InChI is InChI=1S/C20H22N2OS/c1-14-6-7-17-16(13-14)19(2,3)20(10-8-15-5-4-12-24-15)21-18(23)9-11-22(17)20/h4-8,10,12-13H,9,11H2,1-3H3,(H,21,23)/b10-8+/t20-/m1/s1. The van der Waals surface area contributed by atoms with Crippen LogP contribution in [0.2, 0.25) is 0 Å². The van der Waals surface area contributed by atoms with Gasteiger partial charge in [0, 0.05) is 28.9 Å². The summed E-state index contributed by atoms with van der Waals surface area (Å²) in [6.07, 6.45) is 4.87. The van der Waals surface area contributed by atoms with Gasteiger partial charge in [0.05, 0.1) is 0 Å². The van der Waals surface area contributed by atoms with Crippen molar-refractivity contribution in [1.29, 1.82) is 0 Å². The summed E-state index contributed by atoms with van der Waals surface area (Å²) in [7, 11) is 0. The Labute approximate surface area is 147 Å². The molecule has 0 bridgehead atoms. The van der Waals surface area contributed by atoms with Gasteiger partial charge in [-0.15, -0.1) is 11.3 Å². The Kier molecular flexibility index (Phi) is 3.36. The van der Waals surface area contributed by atoms with E-state index in [1.807, 2.05) is 0 Å². The van der Waals surface area contributed by atoms with Crippen molar-refractivity contribution in [2.45, 2.75) is 38.3 Å². The van der Waals surface area contributed by atoms with E-state index in [2.05, 4.69) is 78.9 Å². The number of thiophene rings is 1. The largest absolute Gasteiger partial charge is 0.344 e. The number of hydrogen-bond acceptors (Lipinski definition) is 3. The van der Waals surface area contributed by atoms with Gasteiger partial charge in [-0.2, -0.15) is 0 Å². The molecule has 1 aromatic carbocycles. The fraction of sp³-hybridized carbons (Fsp3) is 0.350. The number of nitrogens with one attached hydrogen (secondary N) is 1. The monoisotopic (exact) mass is 338 g/mol. The van der Waals surface area contributed by atoms with E-state index in [0.717, 1.165) is 6.54 Å². The third-order valence-corrected chi connectivity index (χ3v) is 6.26. The van der Waals surface area contributed by atoms with Crippen LogP contribution in [-0.2, 0) is 10.2 Å². The Bertz CT molecular complexity index is 822. The summed E-state index contributed by atoms with van der Waals surface area (Å²) in [5.41, 5.74) is 3.08. The van der Waals surface area contributed by atoms with Crippen LogP contribution in [0.5, 0.6) is 0 Å². The summed E-state index contributed by atoms with van der Waals surface area (Å²) in [4.78, 5) is 15.9. The molecule has 1 N–H and O–H groups in total. The summed E-state index contributed by atoms with van der Waals surface area (Å²) >= 11 is 1.71. The van der Waals surface area contributed by atoms with Gasteiger partial charge in [-0.3, -0.25) is 4.79 Å². The van der Waals surface area contributed by atoms with Gasteiger partial charge in [0.15, 0.2) is 0 Å². The van der Waals surface area contributed by atoms with Crippen LogP contribution >= 0.6 is 11.3 Å². The maximum atomic E-state index is 12.3. The number of fused-ring (bicyclic) bond motifs is 3. The molecule has 4 heteroatoms.